The Labute approximate surface area is 253 Å². The van der Waals surface area contributed by atoms with Crippen molar-refractivity contribution in [1.82, 2.24) is 15.2 Å². The number of imide groups is 1. The zero-order valence-electron chi connectivity index (χ0n) is 24.4. The number of carbonyl (C=O) groups excluding carboxylic acids is 3. The van der Waals surface area contributed by atoms with Gasteiger partial charge in [0.2, 0.25) is 24.1 Å². The number of benzene rings is 2. The number of piperidine rings is 1. The third-order valence-electron chi connectivity index (χ3n) is 9.04. The van der Waals surface area contributed by atoms with Crippen molar-refractivity contribution in [3.05, 3.63) is 71.0 Å². The molecule has 1 atom stereocenters. The van der Waals surface area contributed by atoms with Crippen LogP contribution < -0.4 is 10.2 Å². The summed E-state index contributed by atoms with van der Waals surface area (Å²) < 4.78 is 5.70. The number of hydrogen-bond acceptors (Lipinski definition) is 10. The number of pyridine rings is 1. The van der Waals surface area contributed by atoms with Crippen LogP contribution in [0.1, 0.15) is 72.6 Å². The van der Waals surface area contributed by atoms with Gasteiger partial charge in [-0.1, -0.05) is 36.4 Å². The van der Waals surface area contributed by atoms with Gasteiger partial charge in [-0.25, -0.2) is 0 Å². The van der Waals surface area contributed by atoms with Crippen LogP contribution in [0.2, 0.25) is 0 Å². The fourth-order valence-corrected chi connectivity index (χ4v) is 6.96. The van der Waals surface area contributed by atoms with Crippen LogP contribution in [0.3, 0.4) is 0 Å². The van der Waals surface area contributed by atoms with E-state index in [4.69, 9.17) is 9.72 Å². The van der Waals surface area contributed by atoms with Gasteiger partial charge in [-0.2, -0.15) is 4.90 Å². The van der Waals surface area contributed by atoms with E-state index >= 15 is 0 Å². The van der Waals surface area contributed by atoms with Crippen LogP contribution in [0.25, 0.3) is 10.8 Å². The van der Waals surface area contributed by atoms with Crippen molar-refractivity contribution in [2.75, 3.05) is 11.5 Å². The summed E-state index contributed by atoms with van der Waals surface area (Å²) in [4.78, 5) is 43.0. The normalized spacial score (nSPS) is 20.8. The van der Waals surface area contributed by atoms with Gasteiger partial charge in [0, 0.05) is 61.2 Å². The summed E-state index contributed by atoms with van der Waals surface area (Å²) in [6.45, 7) is 2.19. The van der Waals surface area contributed by atoms with Gasteiger partial charge in [-0.15, -0.1) is 0 Å². The van der Waals surface area contributed by atoms with E-state index < -0.39 is 23.3 Å². The Kier molecular flexibility index (Phi) is 7.77. The van der Waals surface area contributed by atoms with E-state index in [-0.39, 0.29) is 37.8 Å². The van der Waals surface area contributed by atoms with Crippen LogP contribution in [-0.4, -0.2) is 78.6 Å². The second kappa shape index (κ2) is 11.3. The number of likely N-dealkylation sites (tertiary alicyclic amines) is 1. The minimum atomic E-state index is -2.47. The third kappa shape index (κ3) is 5.49. The number of hydrogen-bond donors (Lipinski definition) is 5. The number of anilines is 1. The summed E-state index contributed by atoms with van der Waals surface area (Å²) in [6.07, 6.45) is 3.93. The maximum Gasteiger partial charge on any atom is 0.259 e. The minimum absolute atomic E-state index is 0.104. The first-order valence-corrected chi connectivity index (χ1v) is 14.8. The molecule has 12 nitrogen and oxygen atoms in total. The maximum absolute atomic E-state index is 13.4. The van der Waals surface area contributed by atoms with Gasteiger partial charge >= 0.3 is 0 Å². The van der Waals surface area contributed by atoms with Crippen LogP contribution in [0.5, 0.6) is 0 Å². The van der Waals surface area contributed by atoms with Crippen molar-refractivity contribution in [3.8, 4) is 0 Å². The van der Waals surface area contributed by atoms with Gasteiger partial charge in [0.1, 0.15) is 0 Å². The number of aromatic nitrogens is 1. The maximum atomic E-state index is 13.4. The van der Waals surface area contributed by atoms with Gasteiger partial charge in [0.25, 0.3) is 5.91 Å². The lowest BCUT2D eigenvalue weighted by Crippen LogP contribution is -2.69. The molecule has 44 heavy (non-hydrogen) atoms. The highest BCUT2D eigenvalue weighted by Gasteiger charge is 2.59. The minimum Gasteiger partial charge on any atom is -0.374 e. The molecule has 3 aromatic rings. The second-order valence-corrected chi connectivity index (χ2v) is 12.2. The Bertz CT molecular complexity index is 1580. The van der Waals surface area contributed by atoms with E-state index in [0.717, 1.165) is 33.4 Å². The predicted octanol–water partition coefficient (Wildman–Crippen LogP) is 1.65. The molecule has 232 valence electrons. The van der Waals surface area contributed by atoms with Crippen molar-refractivity contribution in [2.24, 2.45) is 0 Å². The highest BCUT2D eigenvalue weighted by molar-refractivity contribution is 6.25. The lowest BCUT2D eigenvalue weighted by molar-refractivity contribution is -0.431. The zero-order valence-corrected chi connectivity index (χ0v) is 24.4. The molecule has 4 heterocycles. The van der Waals surface area contributed by atoms with E-state index in [1.807, 2.05) is 31.2 Å². The smallest absolute Gasteiger partial charge is 0.259 e. The standard InChI is InChI=1S/C32H36N4O8/c1-20(6-11-27(38)34-19-37)36-26-15-33-25(23-4-2-5-24(28(23)26)29(36)39)14-21-7-9-22(10-8-21)16-35-31(40,41)17-30(12-3-13-44-30)18-32(35,42)43/h2,4-5,7-10,15,19-20,40-43H,3,6,11-14,16-18H2,1H3,(H,34,37,38). The summed E-state index contributed by atoms with van der Waals surface area (Å²) in [5.74, 6) is -5.50. The van der Waals surface area contributed by atoms with E-state index in [1.165, 1.54) is 0 Å². The molecule has 1 spiro atoms. The molecule has 0 saturated carbocycles. The van der Waals surface area contributed by atoms with Crippen molar-refractivity contribution >= 4 is 34.7 Å². The number of ether oxygens (including phenoxy) is 1. The molecule has 1 aromatic heterocycles. The topological polar surface area (TPSA) is 173 Å². The SMILES string of the molecule is CC(CCC(=O)NC=O)N1C(=O)c2cccc3c(Cc4ccc(CN5C(O)(O)CC6(CCCO6)CC5(O)O)cc4)ncc1c23. The molecule has 0 bridgehead atoms. The molecule has 0 aliphatic carbocycles. The van der Waals surface area contributed by atoms with Crippen molar-refractivity contribution in [3.63, 3.8) is 0 Å². The molecule has 3 aliphatic heterocycles. The Balaban J connectivity index is 1.19. The predicted molar refractivity (Wildman–Crippen MR) is 158 cm³/mol. The Morgan fingerprint density at radius 2 is 1.80 bits per heavy atom. The molecule has 2 saturated heterocycles. The van der Waals surface area contributed by atoms with Gasteiger partial charge in [-0.3, -0.25) is 24.7 Å². The number of amides is 3. The quantitative estimate of drug-likeness (QED) is 0.179. The molecule has 2 fully saturated rings. The summed E-state index contributed by atoms with van der Waals surface area (Å²) in [5.41, 5.74) is 2.63. The van der Waals surface area contributed by atoms with Crippen molar-refractivity contribution in [2.45, 2.75) is 81.9 Å². The first kappa shape index (κ1) is 30.3. The molecule has 3 amide bonds. The Hall–Kier alpha value is -3.78. The highest BCUT2D eigenvalue weighted by atomic mass is 16.6. The number of nitrogens with zero attached hydrogens (tertiary/aromatic N) is 3. The highest BCUT2D eigenvalue weighted by Crippen LogP contribution is 2.47. The number of aliphatic hydroxyl groups is 4. The summed E-state index contributed by atoms with van der Waals surface area (Å²) >= 11 is 0. The van der Waals surface area contributed by atoms with Crippen LogP contribution >= 0.6 is 0 Å². The number of rotatable bonds is 9. The molecule has 3 aliphatic rings. The van der Waals surface area contributed by atoms with Crippen LogP contribution in [-0.2, 0) is 27.3 Å². The van der Waals surface area contributed by atoms with E-state index in [0.29, 0.717) is 49.1 Å². The average molecular weight is 605 g/mol. The fraction of sp³-hybridized carbons (Fsp3) is 0.438. The van der Waals surface area contributed by atoms with E-state index in [1.54, 1.807) is 29.3 Å². The van der Waals surface area contributed by atoms with E-state index in [9.17, 15) is 34.8 Å². The zero-order chi connectivity index (χ0) is 31.3. The third-order valence-corrected chi connectivity index (χ3v) is 9.04. The van der Waals surface area contributed by atoms with Gasteiger partial charge in [0.05, 0.1) is 23.2 Å². The summed E-state index contributed by atoms with van der Waals surface area (Å²) in [6, 6.07) is 12.6. The van der Waals surface area contributed by atoms with Crippen molar-refractivity contribution < 1.29 is 39.5 Å². The lowest BCUT2D eigenvalue weighted by Gasteiger charge is -2.52. The van der Waals surface area contributed by atoms with Gasteiger partial charge in [-0.05, 0) is 43.4 Å². The molecule has 2 aromatic carbocycles. The monoisotopic (exact) mass is 604 g/mol. The number of carbonyl (C=O) groups is 3. The Morgan fingerprint density at radius 1 is 1.09 bits per heavy atom. The molecule has 1 unspecified atom stereocenters. The first-order chi connectivity index (χ1) is 20.9. The van der Waals surface area contributed by atoms with Crippen LogP contribution in [0.4, 0.5) is 5.69 Å². The largest absolute Gasteiger partial charge is 0.374 e. The van der Waals surface area contributed by atoms with Crippen molar-refractivity contribution in [1.29, 1.82) is 0 Å². The average Bonchev–Trinajstić information content (AvgIpc) is 3.53. The van der Waals surface area contributed by atoms with Crippen LogP contribution in [0, 0.1) is 0 Å². The van der Waals surface area contributed by atoms with Gasteiger partial charge in [0.15, 0.2) is 0 Å². The Morgan fingerprint density at radius 3 is 2.45 bits per heavy atom. The molecular formula is C32H36N4O8. The summed E-state index contributed by atoms with van der Waals surface area (Å²) in [7, 11) is 0. The van der Waals surface area contributed by atoms with Crippen LogP contribution in [0.15, 0.2) is 48.7 Å². The molecule has 5 N–H and O–H groups in total. The molecule has 6 rings (SSSR count). The second-order valence-electron chi connectivity index (χ2n) is 12.2. The molecule has 0 radical (unpaired) electrons. The first-order valence-electron chi connectivity index (χ1n) is 14.8. The molecular weight excluding hydrogens is 568 g/mol. The van der Waals surface area contributed by atoms with E-state index in [2.05, 4.69) is 5.32 Å². The fourth-order valence-electron chi connectivity index (χ4n) is 6.96. The lowest BCUT2D eigenvalue weighted by atomic mass is 9.83. The van der Waals surface area contributed by atoms with Gasteiger partial charge < -0.3 is 30.1 Å². The summed E-state index contributed by atoms with van der Waals surface area (Å²) in [5, 5.41) is 47.1. The number of nitrogens with one attached hydrogen (secondary N) is 1. The molecule has 12 heteroatoms.